The lowest BCUT2D eigenvalue weighted by Gasteiger charge is -2.13. The molecule has 3 rings (SSSR count). The number of nitrogens with zero attached hydrogens (tertiary/aromatic N) is 1. The monoisotopic (exact) mass is 412 g/mol. The fourth-order valence-corrected chi connectivity index (χ4v) is 3.54. The summed E-state index contributed by atoms with van der Waals surface area (Å²) < 4.78 is 0. The van der Waals surface area contributed by atoms with Crippen molar-refractivity contribution in [2.45, 2.75) is 6.92 Å². The average molecular weight is 412 g/mol. The van der Waals surface area contributed by atoms with Crippen LogP contribution < -0.4 is 5.32 Å². The summed E-state index contributed by atoms with van der Waals surface area (Å²) >= 11 is 0.732. The number of aromatic hydroxyl groups is 1. The van der Waals surface area contributed by atoms with Crippen LogP contribution in [0.5, 0.6) is 5.75 Å². The van der Waals surface area contributed by atoms with E-state index in [1.54, 1.807) is 12.1 Å². The zero-order valence-corrected chi connectivity index (χ0v) is 16.0. The normalized spacial score (nSPS) is 15.1. The predicted molar refractivity (Wildman–Crippen MR) is 108 cm³/mol. The van der Waals surface area contributed by atoms with Crippen LogP contribution in [0.25, 0.3) is 6.08 Å². The number of hydrogen-bond donors (Lipinski definition) is 3. The predicted octanol–water partition coefficient (Wildman–Crippen LogP) is 3.07. The third kappa shape index (κ3) is 4.64. The molecule has 0 saturated carbocycles. The number of imide groups is 1. The summed E-state index contributed by atoms with van der Waals surface area (Å²) in [5.41, 5.74) is 1.39. The first-order valence-electron chi connectivity index (χ1n) is 8.43. The molecule has 0 bridgehead atoms. The van der Waals surface area contributed by atoms with Crippen molar-refractivity contribution in [2.75, 3.05) is 11.9 Å². The summed E-state index contributed by atoms with van der Waals surface area (Å²) in [6.07, 6.45) is 1.58. The van der Waals surface area contributed by atoms with Crippen molar-refractivity contribution in [1.29, 1.82) is 0 Å². The van der Waals surface area contributed by atoms with Gasteiger partial charge in [0.1, 0.15) is 12.3 Å². The minimum atomic E-state index is -1.34. The molecule has 2 aromatic carbocycles. The lowest BCUT2D eigenvalue weighted by atomic mass is 10.1. The first-order valence-corrected chi connectivity index (χ1v) is 9.24. The molecule has 8 nitrogen and oxygen atoms in total. The number of amides is 3. The molecule has 1 aliphatic heterocycles. The van der Waals surface area contributed by atoms with Gasteiger partial charge in [-0.3, -0.25) is 19.3 Å². The Morgan fingerprint density at radius 3 is 2.62 bits per heavy atom. The van der Waals surface area contributed by atoms with E-state index in [2.05, 4.69) is 5.32 Å². The number of phenolic OH excluding ortho intramolecular Hbond substituents is 1. The van der Waals surface area contributed by atoms with E-state index in [0.29, 0.717) is 0 Å². The molecule has 148 valence electrons. The Morgan fingerprint density at radius 1 is 1.17 bits per heavy atom. The van der Waals surface area contributed by atoms with Crippen LogP contribution in [0.1, 0.15) is 21.5 Å². The molecule has 0 aromatic heterocycles. The van der Waals surface area contributed by atoms with Crippen LogP contribution in [0, 0.1) is 6.92 Å². The maximum absolute atomic E-state index is 12.5. The standard InChI is InChI=1S/C20H16N2O6S/c1-11-3-2-4-12(7-11)8-16-18(25)22(20(28)29-16)10-17(24)21-15-6-5-13(23)9-14(15)19(26)27/h2-9,23H,10H2,1H3,(H,21,24)(H,26,27)/b16-8-. The van der Waals surface area contributed by atoms with Crippen molar-refractivity contribution < 1.29 is 29.4 Å². The molecule has 0 radical (unpaired) electrons. The van der Waals surface area contributed by atoms with Crippen molar-refractivity contribution in [3.63, 3.8) is 0 Å². The molecule has 1 aliphatic rings. The summed E-state index contributed by atoms with van der Waals surface area (Å²) in [4.78, 5) is 49.2. The Balaban J connectivity index is 1.74. The van der Waals surface area contributed by atoms with Crippen LogP contribution in [0.3, 0.4) is 0 Å². The van der Waals surface area contributed by atoms with Gasteiger partial charge in [-0.05, 0) is 48.5 Å². The molecule has 1 fully saturated rings. The summed E-state index contributed by atoms with van der Waals surface area (Å²) in [7, 11) is 0. The van der Waals surface area contributed by atoms with E-state index in [4.69, 9.17) is 0 Å². The molecule has 9 heteroatoms. The van der Waals surface area contributed by atoms with Crippen LogP contribution in [0.15, 0.2) is 47.4 Å². The number of carboxylic acid groups (broad SMARTS) is 1. The molecule has 0 atom stereocenters. The van der Waals surface area contributed by atoms with E-state index in [0.717, 1.165) is 33.9 Å². The lowest BCUT2D eigenvalue weighted by molar-refractivity contribution is -0.127. The highest BCUT2D eigenvalue weighted by molar-refractivity contribution is 8.18. The Bertz CT molecular complexity index is 1060. The number of benzene rings is 2. The number of rotatable bonds is 5. The number of carbonyl (C=O) groups is 4. The largest absolute Gasteiger partial charge is 0.508 e. The van der Waals surface area contributed by atoms with Crippen molar-refractivity contribution in [1.82, 2.24) is 4.90 Å². The van der Waals surface area contributed by atoms with Crippen LogP contribution in [0.2, 0.25) is 0 Å². The maximum atomic E-state index is 12.5. The Hall–Kier alpha value is -3.59. The molecular formula is C20H16N2O6S. The number of aromatic carboxylic acids is 1. The van der Waals surface area contributed by atoms with Crippen molar-refractivity contribution >= 4 is 46.5 Å². The maximum Gasteiger partial charge on any atom is 0.337 e. The van der Waals surface area contributed by atoms with Gasteiger partial charge >= 0.3 is 5.97 Å². The van der Waals surface area contributed by atoms with Gasteiger partial charge < -0.3 is 15.5 Å². The second-order valence-electron chi connectivity index (χ2n) is 6.27. The van der Waals surface area contributed by atoms with E-state index in [-0.39, 0.29) is 21.9 Å². The summed E-state index contributed by atoms with van der Waals surface area (Å²) in [5, 5.41) is 20.3. The third-order valence-corrected chi connectivity index (χ3v) is 4.93. The van der Waals surface area contributed by atoms with Crippen LogP contribution in [-0.4, -0.2) is 44.7 Å². The van der Waals surface area contributed by atoms with Crippen molar-refractivity contribution in [3.8, 4) is 5.75 Å². The Kier molecular flexibility index (Phi) is 5.69. The molecule has 2 aromatic rings. The van der Waals surface area contributed by atoms with E-state index in [9.17, 15) is 29.4 Å². The lowest BCUT2D eigenvalue weighted by Crippen LogP contribution is -2.36. The smallest absolute Gasteiger partial charge is 0.337 e. The number of anilines is 1. The zero-order chi connectivity index (χ0) is 21.1. The number of phenols is 1. The van der Waals surface area contributed by atoms with Crippen molar-refractivity contribution in [3.05, 3.63) is 64.1 Å². The highest BCUT2D eigenvalue weighted by atomic mass is 32.2. The van der Waals surface area contributed by atoms with Gasteiger partial charge in [0.2, 0.25) is 5.91 Å². The quantitative estimate of drug-likeness (QED) is 0.509. The number of aryl methyl sites for hydroxylation is 1. The fourth-order valence-electron chi connectivity index (χ4n) is 2.70. The molecular weight excluding hydrogens is 396 g/mol. The van der Waals surface area contributed by atoms with Gasteiger partial charge in [0.15, 0.2) is 0 Å². The molecule has 29 heavy (non-hydrogen) atoms. The second kappa shape index (κ2) is 8.19. The van der Waals surface area contributed by atoms with Gasteiger partial charge in [-0.1, -0.05) is 29.8 Å². The molecule has 0 unspecified atom stereocenters. The van der Waals surface area contributed by atoms with Crippen LogP contribution in [0.4, 0.5) is 10.5 Å². The number of carbonyl (C=O) groups excluding carboxylic acids is 3. The number of thioether (sulfide) groups is 1. The topological polar surface area (TPSA) is 124 Å². The molecule has 0 spiro atoms. The minimum absolute atomic E-state index is 0.0532. The Labute approximate surface area is 169 Å². The summed E-state index contributed by atoms with van der Waals surface area (Å²) in [6, 6.07) is 10.8. The minimum Gasteiger partial charge on any atom is -0.508 e. The first-order chi connectivity index (χ1) is 13.7. The van der Waals surface area contributed by atoms with E-state index >= 15 is 0 Å². The highest BCUT2D eigenvalue weighted by Crippen LogP contribution is 2.32. The average Bonchev–Trinajstić information content (AvgIpc) is 2.90. The van der Waals surface area contributed by atoms with Gasteiger partial charge in [-0.25, -0.2) is 4.79 Å². The molecule has 3 N–H and O–H groups in total. The molecule has 1 heterocycles. The van der Waals surface area contributed by atoms with Gasteiger partial charge in [0.05, 0.1) is 16.2 Å². The molecule has 0 aliphatic carbocycles. The van der Waals surface area contributed by atoms with Crippen LogP contribution in [-0.2, 0) is 9.59 Å². The number of carboxylic acids is 1. The number of nitrogens with one attached hydrogen (secondary N) is 1. The second-order valence-corrected chi connectivity index (χ2v) is 7.26. The van der Waals surface area contributed by atoms with Gasteiger partial charge in [0.25, 0.3) is 11.1 Å². The molecule has 1 saturated heterocycles. The van der Waals surface area contributed by atoms with Gasteiger partial charge in [-0.2, -0.15) is 0 Å². The van der Waals surface area contributed by atoms with Gasteiger partial charge in [0, 0.05) is 0 Å². The first kappa shape index (κ1) is 20.2. The van der Waals surface area contributed by atoms with E-state index in [1.807, 2.05) is 25.1 Å². The Morgan fingerprint density at radius 2 is 1.93 bits per heavy atom. The van der Waals surface area contributed by atoms with E-state index in [1.165, 1.54) is 12.1 Å². The number of hydrogen-bond acceptors (Lipinski definition) is 6. The SMILES string of the molecule is Cc1cccc(/C=C2\SC(=O)N(CC(=O)Nc3ccc(O)cc3C(=O)O)C2=O)c1. The van der Waals surface area contributed by atoms with Crippen molar-refractivity contribution in [2.24, 2.45) is 0 Å². The van der Waals surface area contributed by atoms with Crippen LogP contribution >= 0.6 is 11.8 Å². The molecule has 3 amide bonds. The fraction of sp³-hybridized carbons (Fsp3) is 0.100. The third-order valence-electron chi connectivity index (χ3n) is 4.02. The van der Waals surface area contributed by atoms with Gasteiger partial charge in [-0.15, -0.1) is 0 Å². The summed E-state index contributed by atoms with van der Waals surface area (Å²) in [5.74, 6) is -2.95. The highest BCUT2D eigenvalue weighted by Gasteiger charge is 2.36. The summed E-state index contributed by atoms with van der Waals surface area (Å²) in [6.45, 7) is 1.35. The zero-order valence-electron chi connectivity index (χ0n) is 15.2. The van der Waals surface area contributed by atoms with E-state index < -0.39 is 29.6 Å².